The highest BCUT2D eigenvalue weighted by molar-refractivity contribution is 6.06. The van der Waals surface area contributed by atoms with Gasteiger partial charge in [-0.15, -0.1) is 0 Å². The molecule has 5 rings (SSSR count). The monoisotopic (exact) mass is 392 g/mol. The number of aromatic nitrogens is 4. The molecule has 1 aliphatic carbocycles. The van der Waals surface area contributed by atoms with Gasteiger partial charge in [0.1, 0.15) is 11.3 Å². The van der Waals surface area contributed by atoms with Crippen LogP contribution in [0.25, 0.3) is 33.2 Å². The summed E-state index contributed by atoms with van der Waals surface area (Å²) in [7, 11) is 1.27. The quantitative estimate of drug-likeness (QED) is 0.498. The number of ether oxygens (including phenoxy) is 1. The molecule has 0 unspecified atom stereocenters. The van der Waals surface area contributed by atoms with Gasteiger partial charge in [0, 0.05) is 11.6 Å². The number of hydrogen-bond donors (Lipinski definition) is 1. The van der Waals surface area contributed by atoms with Crippen molar-refractivity contribution in [3.8, 4) is 11.1 Å². The van der Waals surface area contributed by atoms with E-state index in [4.69, 9.17) is 4.74 Å². The summed E-state index contributed by atoms with van der Waals surface area (Å²) in [5.74, 6) is -1.12. The molecule has 0 amide bonds. The molecule has 2 aromatic carbocycles. The van der Waals surface area contributed by atoms with Crippen LogP contribution in [-0.4, -0.2) is 32.6 Å². The summed E-state index contributed by atoms with van der Waals surface area (Å²) in [6, 6.07) is 7.47. The lowest BCUT2D eigenvalue weighted by atomic mass is 9.95. The van der Waals surface area contributed by atoms with Gasteiger partial charge in [-0.3, -0.25) is 0 Å². The summed E-state index contributed by atoms with van der Waals surface area (Å²) in [5, 5.41) is 0. The van der Waals surface area contributed by atoms with E-state index in [9.17, 15) is 4.79 Å². The molecule has 0 spiro atoms. The van der Waals surface area contributed by atoms with Gasteiger partial charge in [0.25, 0.3) is 0 Å². The van der Waals surface area contributed by atoms with E-state index in [-0.39, 0.29) is 5.56 Å². The number of esters is 1. The molecule has 1 aliphatic rings. The lowest BCUT2D eigenvalue weighted by Gasteiger charge is -2.23. The molecule has 1 N–H and O–H groups in total. The fraction of sp³-hybridized carbons (Fsp3) is 0.318. The first kappa shape index (κ1) is 17.8. The molecule has 1 saturated carbocycles. The number of fused-ring (bicyclic) bond motifs is 2. The Hall–Kier alpha value is -3.22. The number of carbonyl (C=O) groups excluding carboxylic acids is 1. The summed E-state index contributed by atoms with van der Waals surface area (Å²) in [5.41, 5.74) is 3.92. The summed E-state index contributed by atoms with van der Waals surface area (Å²) >= 11 is 0. The molecule has 2 heterocycles. The van der Waals surface area contributed by atoms with E-state index >= 15 is 4.39 Å². The summed E-state index contributed by atoms with van der Waals surface area (Å²) in [6.45, 7) is 0. The number of carbonyl (C=O) groups is 1. The molecule has 4 aromatic rings. The molecule has 148 valence electrons. The van der Waals surface area contributed by atoms with Crippen molar-refractivity contribution in [1.82, 2.24) is 19.5 Å². The lowest BCUT2D eigenvalue weighted by molar-refractivity contribution is 0.0602. The van der Waals surface area contributed by atoms with E-state index in [1.807, 2.05) is 24.5 Å². The third kappa shape index (κ3) is 2.88. The number of nitrogens with one attached hydrogen (secondary N) is 1. The molecule has 0 saturated heterocycles. The number of H-pyrrole nitrogens is 1. The highest BCUT2D eigenvalue weighted by Gasteiger charge is 2.22. The zero-order valence-corrected chi connectivity index (χ0v) is 16.1. The normalized spacial score (nSPS) is 15.2. The SMILES string of the molecule is COC(=O)c1cc(F)c(-c2ccc3c(c2)ncn3C2CCCCC2)c2[nH]cnc12. The van der Waals surface area contributed by atoms with E-state index in [1.165, 1.54) is 51.6 Å². The van der Waals surface area contributed by atoms with E-state index in [0.717, 1.165) is 11.0 Å². The molecule has 6 nitrogen and oxygen atoms in total. The van der Waals surface area contributed by atoms with Gasteiger partial charge in [0.05, 0.1) is 41.9 Å². The van der Waals surface area contributed by atoms with Gasteiger partial charge in [-0.25, -0.2) is 19.2 Å². The van der Waals surface area contributed by atoms with Crippen LogP contribution in [0.4, 0.5) is 4.39 Å². The standard InChI is InChI=1S/C22H21FN4O2/c1-29-22(28)15-10-16(23)19(21-20(15)24-11-25-21)13-7-8-18-17(9-13)26-12-27(18)14-5-3-2-4-6-14/h7-12,14H,2-6H2,1H3,(H,24,25). The minimum Gasteiger partial charge on any atom is -0.465 e. The van der Waals surface area contributed by atoms with E-state index in [1.54, 1.807) is 0 Å². The molecule has 7 heteroatoms. The Morgan fingerprint density at radius 2 is 2.03 bits per heavy atom. The van der Waals surface area contributed by atoms with Crippen molar-refractivity contribution in [2.45, 2.75) is 38.1 Å². The average Bonchev–Trinajstić information content (AvgIpc) is 3.40. The second-order valence-electron chi connectivity index (χ2n) is 7.55. The van der Waals surface area contributed by atoms with Gasteiger partial charge in [-0.2, -0.15) is 0 Å². The van der Waals surface area contributed by atoms with Crippen LogP contribution in [-0.2, 0) is 4.74 Å². The van der Waals surface area contributed by atoms with Crippen LogP contribution < -0.4 is 0 Å². The van der Waals surface area contributed by atoms with Crippen LogP contribution in [0.5, 0.6) is 0 Å². The minimum atomic E-state index is -0.616. The second kappa shape index (κ2) is 6.99. The van der Waals surface area contributed by atoms with Gasteiger partial charge in [0.15, 0.2) is 0 Å². The highest BCUT2D eigenvalue weighted by Crippen LogP contribution is 2.35. The maximum Gasteiger partial charge on any atom is 0.340 e. The second-order valence-corrected chi connectivity index (χ2v) is 7.55. The number of rotatable bonds is 3. The number of halogens is 1. The average molecular weight is 392 g/mol. The third-order valence-corrected chi connectivity index (χ3v) is 5.89. The number of nitrogens with zero attached hydrogens (tertiary/aromatic N) is 3. The molecule has 0 aliphatic heterocycles. The van der Waals surface area contributed by atoms with Crippen LogP contribution in [0.3, 0.4) is 0 Å². The summed E-state index contributed by atoms with van der Waals surface area (Å²) in [4.78, 5) is 23.7. The van der Waals surface area contributed by atoms with Crippen molar-refractivity contribution in [2.75, 3.05) is 7.11 Å². The van der Waals surface area contributed by atoms with Gasteiger partial charge in [-0.1, -0.05) is 25.3 Å². The van der Waals surface area contributed by atoms with Gasteiger partial charge in [-0.05, 0) is 36.6 Å². The number of hydrogen-bond acceptors (Lipinski definition) is 4. The Balaban J connectivity index is 1.63. The fourth-order valence-electron chi connectivity index (χ4n) is 4.46. The Labute approximate surface area is 166 Å². The Kier molecular flexibility index (Phi) is 4.30. The maximum absolute atomic E-state index is 15.1. The van der Waals surface area contributed by atoms with Crippen molar-refractivity contribution >= 4 is 28.0 Å². The number of imidazole rings is 2. The molecule has 0 radical (unpaired) electrons. The van der Waals surface area contributed by atoms with Crippen molar-refractivity contribution in [1.29, 1.82) is 0 Å². The van der Waals surface area contributed by atoms with Crippen LogP contribution in [0.15, 0.2) is 36.9 Å². The van der Waals surface area contributed by atoms with Crippen molar-refractivity contribution in [2.24, 2.45) is 0 Å². The first-order valence-corrected chi connectivity index (χ1v) is 9.88. The lowest BCUT2D eigenvalue weighted by Crippen LogP contribution is -2.11. The van der Waals surface area contributed by atoms with Crippen molar-refractivity contribution in [3.63, 3.8) is 0 Å². The predicted octanol–water partition coefficient (Wildman–Crippen LogP) is 5.01. The summed E-state index contributed by atoms with van der Waals surface area (Å²) < 4.78 is 22.1. The Morgan fingerprint density at radius 1 is 1.21 bits per heavy atom. The topological polar surface area (TPSA) is 72.8 Å². The zero-order valence-electron chi connectivity index (χ0n) is 16.1. The van der Waals surface area contributed by atoms with Crippen LogP contribution in [0.1, 0.15) is 48.5 Å². The number of benzene rings is 2. The van der Waals surface area contributed by atoms with Crippen molar-refractivity contribution in [3.05, 3.63) is 48.3 Å². The van der Waals surface area contributed by atoms with Gasteiger partial charge >= 0.3 is 5.97 Å². The van der Waals surface area contributed by atoms with Crippen LogP contribution in [0, 0.1) is 5.82 Å². The minimum absolute atomic E-state index is 0.104. The highest BCUT2D eigenvalue weighted by atomic mass is 19.1. The number of methoxy groups -OCH3 is 1. The molecule has 2 aromatic heterocycles. The van der Waals surface area contributed by atoms with Gasteiger partial charge < -0.3 is 14.3 Å². The molecular formula is C22H21FN4O2. The van der Waals surface area contributed by atoms with Crippen molar-refractivity contribution < 1.29 is 13.9 Å². The smallest absolute Gasteiger partial charge is 0.340 e. The molecule has 29 heavy (non-hydrogen) atoms. The van der Waals surface area contributed by atoms with Crippen LogP contribution >= 0.6 is 0 Å². The molecule has 1 fully saturated rings. The van der Waals surface area contributed by atoms with Crippen LogP contribution in [0.2, 0.25) is 0 Å². The Morgan fingerprint density at radius 3 is 2.83 bits per heavy atom. The van der Waals surface area contributed by atoms with E-state index in [0.29, 0.717) is 28.2 Å². The number of aromatic amines is 1. The fourth-order valence-corrected chi connectivity index (χ4v) is 4.46. The Bertz CT molecular complexity index is 1220. The summed E-state index contributed by atoms with van der Waals surface area (Å²) in [6.07, 6.45) is 9.49. The molecular weight excluding hydrogens is 371 g/mol. The van der Waals surface area contributed by atoms with Gasteiger partial charge in [0.2, 0.25) is 0 Å². The third-order valence-electron chi connectivity index (χ3n) is 5.89. The zero-order chi connectivity index (χ0) is 20.0. The largest absolute Gasteiger partial charge is 0.465 e. The van der Waals surface area contributed by atoms with E-state index in [2.05, 4.69) is 19.5 Å². The maximum atomic E-state index is 15.1. The first-order chi connectivity index (χ1) is 14.2. The molecule has 0 atom stereocenters. The van der Waals surface area contributed by atoms with E-state index < -0.39 is 11.8 Å². The first-order valence-electron chi connectivity index (χ1n) is 9.88. The predicted molar refractivity (Wildman–Crippen MR) is 108 cm³/mol. The molecule has 0 bridgehead atoms.